The highest BCUT2D eigenvalue weighted by atomic mass is 32.1. The van der Waals surface area contributed by atoms with Gasteiger partial charge < -0.3 is 19.8 Å². The van der Waals surface area contributed by atoms with Gasteiger partial charge in [0.15, 0.2) is 5.96 Å². The van der Waals surface area contributed by atoms with Crippen molar-refractivity contribution >= 4 is 17.3 Å². The maximum Gasteiger partial charge on any atom is 0.191 e. The first-order valence-corrected chi connectivity index (χ1v) is 10.9. The molecule has 2 atom stereocenters. The molecule has 1 fully saturated rings. The second-order valence-electron chi connectivity index (χ2n) is 7.34. The summed E-state index contributed by atoms with van der Waals surface area (Å²) in [7, 11) is 1.82. The number of guanidine groups is 1. The highest BCUT2D eigenvalue weighted by molar-refractivity contribution is 7.09. The first-order valence-electron chi connectivity index (χ1n) is 10.0. The molecule has 2 aromatic rings. The number of ether oxygens (including phenoxy) is 1. The van der Waals surface area contributed by atoms with Crippen LogP contribution in [0.5, 0.6) is 0 Å². The number of hydrogen-bond acceptors (Lipinski definition) is 5. The van der Waals surface area contributed by atoms with E-state index in [0.29, 0.717) is 5.92 Å². The van der Waals surface area contributed by atoms with Gasteiger partial charge in [-0.15, -0.1) is 11.3 Å². The van der Waals surface area contributed by atoms with Crippen molar-refractivity contribution in [2.24, 2.45) is 10.9 Å². The molecule has 1 aliphatic heterocycles. The number of thiophene rings is 1. The van der Waals surface area contributed by atoms with Crippen molar-refractivity contribution in [3.63, 3.8) is 0 Å². The maximum atomic E-state index is 5.94. The largest absolute Gasteiger partial charge is 0.465 e. The van der Waals surface area contributed by atoms with E-state index in [1.54, 1.807) is 0 Å². The molecular formula is C21H32N4O2S. The minimum Gasteiger partial charge on any atom is -0.465 e. The molecule has 1 aliphatic rings. The topological polar surface area (TPSA) is 62.0 Å². The fraction of sp³-hybridized carbons (Fsp3) is 0.571. The Hall–Kier alpha value is -1.83. The van der Waals surface area contributed by atoms with Crippen molar-refractivity contribution in [2.75, 3.05) is 46.4 Å². The molecule has 0 bridgehead atoms. The SMILES string of the molecule is CN=C(NCC(C)Cc1cccs1)NCC(c1ccc(C)o1)N1CCOCC1. The highest BCUT2D eigenvalue weighted by Crippen LogP contribution is 2.23. The molecule has 1 saturated heterocycles. The summed E-state index contributed by atoms with van der Waals surface area (Å²) < 4.78 is 11.5. The molecular weight excluding hydrogens is 372 g/mol. The van der Waals surface area contributed by atoms with Crippen molar-refractivity contribution in [3.05, 3.63) is 46.0 Å². The Morgan fingerprint density at radius 1 is 1.21 bits per heavy atom. The van der Waals surface area contributed by atoms with Gasteiger partial charge >= 0.3 is 0 Å². The van der Waals surface area contributed by atoms with Crippen LogP contribution in [0.4, 0.5) is 0 Å². The number of nitrogens with zero attached hydrogens (tertiary/aromatic N) is 2. The van der Waals surface area contributed by atoms with E-state index in [1.165, 1.54) is 4.88 Å². The van der Waals surface area contributed by atoms with E-state index >= 15 is 0 Å². The Labute approximate surface area is 172 Å². The fourth-order valence-electron chi connectivity index (χ4n) is 3.46. The van der Waals surface area contributed by atoms with Crippen molar-refractivity contribution < 1.29 is 9.15 Å². The van der Waals surface area contributed by atoms with Crippen LogP contribution in [-0.4, -0.2) is 57.3 Å². The van der Waals surface area contributed by atoms with Gasteiger partial charge in [0.05, 0.1) is 19.3 Å². The summed E-state index contributed by atoms with van der Waals surface area (Å²) in [5.74, 6) is 3.31. The van der Waals surface area contributed by atoms with E-state index in [0.717, 1.165) is 63.3 Å². The summed E-state index contributed by atoms with van der Waals surface area (Å²) in [6, 6.07) is 8.59. The molecule has 3 heterocycles. The van der Waals surface area contributed by atoms with E-state index in [9.17, 15) is 0 Å². The van der Waals surface area contributed by atoms with Gasteiger partial charge in [0.1, 0.15) is 11.5 Å². The quantitative estimate of drug-likeness (QED) is 0.523. The van der Waals surface area contributed by atoms with Gasteiger partial charge in [-0.05, 0) is 42.8 Å². The zero-order chi connectivity index (χ0) is 19.8. The molecule has 2 aromatic heterocycles. The average Bonchev–Trinajstić information content (AvgIpc) is 3.37. The van der Waals surface area contributed by atoms with Gasteiger partial charge in [-0.1, -0.05) is 13.0 Å². The molecule has 0 aliphatic carbocycles. The third-order valence-corrected chi connectivity index (χ3v) is 5.91. The predicted octanol–water partition coefficient (Wildman–Crippen LogP) is 3.07. The van der Waals surface area contributed by atoms with Gasteiger partial charge in [0.2, 0.25) is 0 Å². The number of furan rings is 1. The van der Waals surface area contributed by atoms with E-state index in [2.05, 4.69) is 51.0 Å². The molecule has 7 heteroatoms. The monoisotopic (exact) mass is 404 g/mol. The first-order chi connectivity index (χ1) is 13.7. The first kappa shape index (κ1) is 20.9. The third-order valence-electron chi connectivity index (χ3n) is 5.01. The van der Waals surface area contributed by atoms with Gasteiger partial charge in [-0.2, -0.15) is 0 Å². The Balaban J connectivity index is 1.53. The fourth-order valence-corrected chi connectivity index (χ4v) is 4.33. The Morgan fingerprint density at radius 2 is 2.00 bits per heavy atom. The Bertz CT molecular complexity index is 723. The van der Waals surface area contributed by atoms with E-state index in [4.69, 9.17) is 9.15 Å². The van der Waals surface area contributed by atoms with Crippen LogP contribution < -0.4 is 10.6 Å². The third kappa shape index (κ3) is 6.09. The lowest BCUT2D eigenvalue weighted by molar-refractivity contribution is 0.0124. The lowest BCUT2D eigenvalue weighted by Crippen LogP contribution is -2.46. The lowest BCUT2D eigenvalue weighted by Gasteiger charge is -2.33. The molecule has 0 amide bonds. The molecule has 3 rings (SSSR count). The van der Waals surface area contributed by atoms with Crippen molar-refractivity contribution in [1.29, 1.82) is 0 Å². The number of rotatable bonds is 8. The lowest BCUT2D eigenvalue weighted by atomic mass is 10.1. The molecule has 6 nitrogen and oxygen atoms in total. The zero-order valence-corrected chi connectivity index (χ0v) is 17.9. The van der Waals surface area contributed by atoms with Crippen LogP contribution in [0.1, 0.15) is 29.4 Å². The summed E-state index contributed by atoms with van der Waals surface area (Å²) in [6.45, 7) is 9.25. The van der Waals surface area contributed by atoms with Crippen molar-refractivity contribution in [3.8, 4) is 0 Å². The number of aryl methyl sites for hydroxylation is 1. The van der Waals surface area contributed by atoms with Crippen LogP contribution in [0.15, 0.2) is 39.1 Å². The van der Waals surface area contributed by atoms with Gasteiger partial charge in [-0.3, -0.25) is 9.89 Å². The highest BCUT2D eigenvalue weighted by Gasteiger charge is 2.25. The minimum atomic E-state index is 0.166. The Kier molecular flexibility index (Phi) is 7.94. The minimum absolute atomic E-state index is 0.166. The number of aliphatic imine (C=N–C) groups is 1. The molecule has 0 radical (unpaired) electrons. The number of nitrogens with one attached hydrogen (secondary N) is 2. The molecule has 0 aromatic carbocycles. The second kappa shape index (κ2) is 10.6. The van der Waals surface area contributed by atoms with Crippen LogP contribution in [0.25, 0.3) is 0 Å². The van der Waals surface area contributed by atoms with Crippen molar-refractivity contribution in [1.82, 2.24) is 15.5 Å². The average molecular weight is 405 g/mol. The smallest absolute Gasteiger partial charge is 0.191 e. The molecule has 154 valence electrons. The van der Waals surface area contributed by atoms with Gasteiger partial charge in [0, 0.05) is 38.1 Å². The second-order valence-corrected chi connectivity index (χ2v) is 8.37. The van der Waals surface area contributed by atoms with E-state index in [1.807, 2.05) is 31.4 Å². The summed E-state index contributed by atoms with van der Waals surface area (Å²) in [6.07, 6.45) is 1.09. The number of hydrogen-bond donors (Lipinski definition) is 2. The molecule has 0 saturated carbocycles. The normalized spacial score (nSPS) is 18.0. The van der Waals surface area contributed by atoms with Gasteiger partial charge in [0.25, 0.3) is 0 Å². The molecule has 0 spiro atoms. The standard InChI is InChI=1S/C21H32N4O2S/c1-16(13-18-5-4-12-28-18)14-23-21(22-3)24-15-19(20-7-6-17(2)27-20)25-8-10-26-11-9-25/h4-7,12,16,19H,8-11,13-15H2,1-3H3,(H2,22,23,24). The van der Waals surface area contributed by atoms with Gasteiger partial charge in [-0.25, -0.2) is 0 Å². The summed E-state index contributed by atoms with van der Waals surface area (Å²) in [5.41, 5.74) is 0. The summed E-state index contributed by atoms with van der Waals surface area (Å²) >= 11 is 1.82. The van der Waals surface area contributed by atoms with Crippen LogP contribution in [0.3, 0.4) is 0 Å². The maximum absolute atomic E-state index is 5.94. The van der Waals surface area contributed by atoms with Crippen LogP contribution in [0, 0.1) is 12.8 Å². The van der Waals surface area contributed by atoms with E-state index < -0.39 is 0 Å². The summed E-state index contributed by atoms with van der Waals surface area (Å²) in [5, 5.41) is 9.09. The number of morpholine rings is 1. The van der Waals surface area contributed by atoms with Crippen LogP contribution in [0.2, 0.25) is 0 Å². The van der Waals surface area contributed by atoms with Crippen molar-refractivity contribution in [2.45, 2.75) is 26.3 Å². The zero-order valence-electron chi connectivity index (χ0n) is 17.1. The summed E-state index contributed by atoms with van der Waals surface area (Å²) in [4.78, 5) is 8.24. The molecule has 28 heavy (non-hydrogen) atoms. The molecule has 2 unspecified atom stereocenters. The van der Waals surface area contributed by atoms with Crippen LogP contribution in [-0.2, 0) is 11.2 Å². The Morgan fingerprint density at radius 3 is 2.64 bits per heavy atom. The molecule has 2 N–H and O–H groups in total. The van der Waals surface area contributed by atoms with Crippen LogP contribution >= 0.6 is 11.3 Å². The predicted molar refractivity (Wildman–Crippen MR) is 115 cm³/mol. The van der Waals surface area contributed by atoms with E-state index in [-0.39, 0.29) is 6.04 Å².